The first-order valence-electron chi connectivity index (χ1n) is 9.30. The summed E-state index contributed by atoms with van der Waals surface area (Å²) < 4.78 is 10.7. The van der Waals surface area contributed by atoms with Crippen LogP contribution in [0.1, 0.15) is 28.2 Å². The van der Waals surface area contributed by atoms with Crippen LogP contribution in [0.25, 0.3) is 10.8 Å². The number of aromatic nitrogens is 1. The summed E-state index contributed by atoms with van der Waals surface area (Å²) in [4.78, 5) is 34.6. The molecule has 2 aliphatic heterocycles. The summed E-state index contributed by atoms with van der Waals surface area (Å²) in [6.45, 7) is 5.66. The van der Waals surface area contributed by atoms with Crippen molar-refractivity contribution in [2.45, 2.75) is 19.8 Å². The molecule has 0 bridgehead atoms. The lowest BCUT2D eigenvalue weighted by atomic mass is 9.95. The number of furan rings is 1. The van der Waals surface area contributed by atoms with Crippen molar-refractivity contribution < 1.29 is 18.7 Å². The minimum absolute atomic E-state index is 0.00219. The number of hydrogen-bond acceptors (Lipinski definition) is 6. The van der Waals surface area contributed by atoms with E-state index in [0.717, 1.165) is 9.88 Å². The zero-order chi connectivity index (χ0) is 18.8. The topological polar surface area (TPSA) is 75.9 Å². The highest BCUT2D eigenvalue weighted by molar-refractivity contribution is 7.15. The zero-order valence-electron chi connectivity index (χ0n) is 15.3. The zero-order valence-corrected chi connectivity index (χ0v) is 16.2. The molecule has 0 aromatic carbocycles. The maximum Gasteiger partial charge on any atom is 0.273 e. The van der Waals surface area contributed by atoms with Gasteiger partial charge < -0.3 is 19.0 Å². The number of aryl methyl sites for hydroxylation is 1. The van der Waals surface area contributed by atoms with Crippen LogP contribution in [0.15, 0.2) is 22.8 Å². The number of rotatable bonds is 3. The number of carbonyl (C=O) groups excluding carboxylic acids is 2. The molecule has 2 saturated heterocycles. The fourth-order valence-electron chi connectivity index (χ4n) is 3.62. The van der Waals surface area contributed by atoms with Gasteiger partial charge in [-0.1, -0.05) is 0 Å². The van der Waals surface area contributed by atoms with Gasteiger partial charge in [0.1, 0.15) is 5.69 Å². The summed E-state index contributed by atoms with van der Waals surface area (Å²) in [5.74, 6) is 0.827. The number of hydrogen-bond donors (Lipinski definition) is 0. The van der Waals surface area contributed by atoms with Crippen LogP contribution in [0.2, 0.25) is 0 Å². The summed E-state index contributed by atoms with van der Waals surface area (Å²) >= 11 is 1.46. The molecule has 0 N–H and O–H groups in total. The van der Waals surface area contributed by atoms with Gasteiger partial charge in [0.15, 0.2) is 10.8 Å². The van der Waals surface area contributed by atoms with Crippen LogP contribution >= 0.6 is 11.3 Å². The molecule has 2 aromatic heterocycles. The lowest BCUT2D eigenvalue weighted by Crippen LogP contribution is -2.47. The van der Waals surface area contributed by atoms with Crippen LogP contribution in [0, 0.1) is 12.8 Å². The van der Waals surface area contributed by atoms with E-state index in [1.165, 1.54) is 11.3 Å². The van der Waals surface area contributed by atoms with Gasteiger partial charge in [0.25, 0.3) is 5.91 Å². The molecule has 4 rings (SSSR count). The van der Waals surface area contributed by atoms with Crippen LogP contribution in [-0.4, -0.2) is 66.0 Å². The molecule has 2 fully saturated rings. The Bertz CT molecular complexity index is 803. The SMILES string of the molecule is Cc1sc(-c2ccco2)nc1C(=O)N1CCC(C(=O)N2CCOCC2)CC1. The predicted octanol–water partition coefficient (Wildman–Crippen LogP) is 2.42. The van der Waals surface area contributed by atoms with Gasteiger partial charge in [0.05, 0.1) is 19.5 Å². The highest BCUT2D eigenvalue weighted by Gasteiger charge is 2.32. The summed E-state index contributed by atoms with van der Waals surface area (Å²) in [6.07, 6.45) is 3.01. The van der Waals surface area contributed by atoms with E-state index in [-0.39, 0.29) is 17.7 Å². The number of nitrogens with zero attached hydrogens (tertiary/aromatic N) is 3. The molecule has 0 atom stereocenters. The maximum atomic E-state index is 12.9. The maximum absolute atomic E-state index is 12.9. The molecule has 4 heterocycles. The van der Waals surface area contributed by atoms with Gasteiger partial charge in [0.2, 0.25) is 5.91 Å². The van der Waals surface area contributed by atoms with E-state index in [1.54, 1.807) is 6.26 Å². The highest BCUT2D eigenvalue weighted by Crippen LogP contribution is 2.29. The molecule has 27 heavy (non-hydrogen) atoms. The second-order valence-corrected chi connectivity index (χ2v) is 8.11. The van der Waals surface area contributed by atoms with E-state index in [1.807, 2.05) is 28.9 Å². The van der Waals surface area contributed by atoms with Crippen molar-refractivity contribution in [3.63, 3.8) is 0 Å². The number of amides is 2. The number of likely N-dealkylation sites (tertiary alicyclic amines) is 1. The van der Waals surface area contributed by atoms with Crippen LogP contribution < -0.4 is 0 Å². The number of piperidine rings is 1. The fourth-order valence-corrected chi connectivity index (χ4v) is 4.50. The van der Waals surface area contributed by atoms with Crippen LogP contribution in [0.4, 0.5) is 0 Å². The highest BCUT2D eigenvalue weighted by atomic mass is 32.1. The second kappa shape index (κ2) is 7.82. The molecular formula is C19H23N3O4S. The largest absolute Gasteiger partial charge is 0.462 e. The lowest BCUT2D eigenvalue weighted by Gasteiger charge is -2.35. The summed E-state index contributed by atoms with van der Waals surface area (Å²) in [5, 5.41) is 0.721. The third kappa shape index (κ3) is 3.77. The number of carbonyl (C=O) groups is 2. The monoisotopic (exact) mass is 389 g/mol. The van der Waals surface area contributed by atoms with Crippen molar-refractivity contribution in [3.05, 3.63) is 29.0 Å². The van der Waals surface area contributed by atoms with Gasteiger partial charge in [-0.15, -0.1) is 11.3 Å². The Kier molecular flexibility index (Phi) is 5.27. The first-order chi connectivity index (χ1) is 13.1. The van der Waals surface area contributed by atoms with Crippen molar-refractivity contribution >= 4 is 23.2 Å². The van der Waals surface area contributed by atoms with E-state index >= 15 is 0 Å². The van der Waals surface area contributed by atoms with E-state index in [2.05, 4.69) is 4.98 Å². The quantitative estimate of drug-likeness (QED) is 0.806. The van der Waals surface area contributed by atoms with Crippen molar-refractivity contribution in [1.82, 2.24) is 14.8 Å². The molecule has 0 unspecified atom stereocenters. The Morgan fingerprint density at radius 1 is 1.15 bits per heavy atom. The van der Waals surface area contributed by atoms with Gasteiger partial charge in [-0.25, -0.2) is 4.98 Å². The Labute approximate surface area is 161 Å². The van der Waals surface area contributed by atoms with E-state index in [0.29, 0.717) is 63.7 Å². The van der Waals surface area contributed by atoms with Gasteiger partial charge in [-0.2, -0.15) is 0 Å². The number of ether oxygens (including phenoxy) is 1. The Morgan fingerprint density at radius 2 is 1.89 bits per heavy atom. The molecule has 0 aliphatic carbocycles. The normalized spacial score (nSPS) is 18.7. The molecule has 0 saturated carbocycles. The molecule has 2 aliphatic rings. The van der Waals surface area contributed by atoms with Crippen molar-refractivity contribution in [1.29, 1.82) is 0 Å². The summed E-state index contributed by atoms with van der Waals surface area (Å²) in [7, 11) is 0. The summed E-state index contributed by atoms with van der Waals surface area (Å²) in [6, 6.07) is 3.65. The number of morpholine rings is 1. The number of thiazole rings is 1. The van der Waals surface area contributed by atoms with Gasteiger partial charge in [-0.3, -0.25) is 9.59 Å². The lowest BCUT2D eigenvalue weighted by molar-refractivity contribution is -0.141. The minimum atomic E-state index is -0.0566. The van der Waals surface area contributed by atoms with Gasteiger partial charge in [0, 0.05) is 37.0 Å². The van der Waals surface area contributed by atoms with Crippen LogP contribution in [0.5, 0.6) is 0 Å². The van der Waals surface area contributed by atoms with E-state index in [4.69, 9.17) is 9.15 Å². The molecular weight excluding hydrogens is 366 g/mol. The molecule has 2 aromatic rings. The second-order valence-electron chi connectivity index (χ2n) is 6.91. The Hall–Kier alpha value is -2.19. The van der Waals surface area contributed by atoms with E-state index in [9.17, 15) is 9.59 Å². The van der Waals surface area contributed by atoms with Gasteiger partial charge in [-0.05, 0) is 31.9 Å². The summed E-state index contributed by atoms with van der Waals surface area (Å²) in [5.41, 5.74) is 0.490. The molecule has 0 spiro atoms. The van der Waals surface area contributed by atoms with Crippen molar-refractivity contribution in [2.24, 2.45) is 5.92 Å². The van der Waals surface area contributed by atoms with E-state index < -0.39 is 0 Å². The first-order valence-corrected chi connectivity index (χ1v) is 10.1. The van der Waals surface area contributed by atoms with Crippen LogP contribution in [-0.2, 0) is 9.53 Å². The molecule has 8 heteroatoms. The van der Waals surface area contributed by atoms with Crippen molar-refractivity contribution in [2.75, 3.05) is 39.4 Å². The third-order valence-corrected chi connectivity index (χ3v) is 6.17. The average Bonchev–Trinajstić information content (AvgIpc) is 3.37. The predicted molar refractivity (Wildman–Crippen MR) is 101 cm³/mol. The standard InChI is InChI=1S/C19H23N3O4S/c1-13-16(20-17(27-13)15-3-2-10-26-15)19(24)21-6-4-14(5-7-21)18(23)22-8-11-25-12-9-22/h2-3,10,14H,4-9,11-12H2,1H3. The average molecular weight is 389 g/mol. The molecule has 7 nitrogen and oxygen atoms in total. The fraction of sp³-hybridized carbons (Fsp3) is 0.526. The minimum Gasteiger partial charge on any atom is -0.462 e. The van der Waals surface area contributed by atoms with Crippen LogP contribution in [0.3, 0.4) is 0 Å². The van der Waals surface area contributed by atoms with Crippen molar-refractivity contribution in [3.8, 4) is 10.8 Å². The smallest absolute Gasteiger partial charge is 0.273 e. The molecule has 144 valence electrons. The molecule has 2 amide bonds. The Balaban J connectivity index is 1.38. The van der Waals surface area contributed by atoms with Gasteiger partial charge >= 0.3 is 0 Å². The Morgan fingerprint density at radius 3 is 2.56 bits per heavy atom. The third-order valence-electron chi connectivity index (χ3n) is 5.19. The first kappa shape index (κ1) is 18.2. The molecule has 0 radical (unpaired) electrons.